The second-order valence-electron chi connectivity index (χ2n) is 1.68. The summed E-state index contributed by atoms with van der Waals surface area (Å²) in [7, 11) is 0. The normalized spacial score (nSPS) is 14.1. The molecule has 1 saturated carbocycles. The molecule has 0 aromatic rings. The Bertz CT molecular complexity index is 33.3. The lowest BCUT2D eigenvalue weighted by atomic mass is 10.5. The molecule has 48 valence electrons. The van der Waals surface area contributed by atoms with Crippen molar-refractivity contribution < 1.29 is 0 Å². The standard InChI is InChI=1S/C4H8.2C2H4/c1-4-2-3-4;2*1-2/h4H,2-3H2,1H3;2*1-2H2. The topological polar surface area (TPSA) is 0 Å². The molecule has 0 heterocycles. The van der Waals surface area contributed by atoms with Crippen molar-refractivity contribution in [3.63, 3.8) is 0 Å². The van der Waals surface area contributed by atoms with E-state index in [-0.39, 0.29) is 0 Å². The fourth-order valence-corrected chi connectivity index (χ4v) is 0.167. The van der Waals surface area contributed by atoms with Gasteiger partial charge in [0, 0.05) is 0 Å². The number of hydrogen-bond donors (Lipinski definition) is 0. The first-order valence-corrected chi connectivity index (χ1v) is 2.89. The van der Waals surface area contributed by atoms with Crippen molar-refractivity contribution >= 4 is 0 Å². The molecule has 0 N–H and O–H groups in total. The van der Waals surface area contributed by atoms with E-state index in [1.165, 1.54) is 12.8 Å². The van der Waals surface area contributed by atoms with Crippen LogP contribution in [0.25, 0.3) is 0 Å². The second kappa shape index (κ2) is 9.70. The maximum Gasteiger partial charge on any atom is -0.0443 e. The van der Waals surface area contributed by atoms with Crippen LogP contribution in [-0.4, -0.2) is 0 Å². The highest BCUT2D eigenvalue weighted by Crippen LogP contribution is 2.26. The Morgan fingerprint density at radius 2 is 1.12 bits per heavy atom. The average Bonchev–Trinajstić information content (AvgIpc) is 2.62. The molecule has 0 nitrogen and oxygen atoms in total. The Kier molecular flexibility index (Phi) is 12.7. The van der Waals surface area contributed by atoms with Crippen molar-refractivity contribution in [2.24, 2.45) is 5.92 Å². The van der Waals surface area contributed by atoms with Crippen LogP contribution in [0.15, 0.2) is 26.3 Å². The third-order valence-corrected chi connectivity index (χ3v) is 0.866. The quantitative estimate of drug-likeness (QED) is 0.422. The van der Waals surface area contributed by atoms with Crippen molar-refractivity contribution in [1.82, 2.24) is 0 Å². The van der Waals surface area contributed by atoms with Crippen molar-refractivity contribution in [2.75, 3.05) is 0 Å². The summed E-state index contributed by atoms with van der Waals surface area (Å²) in [5, 5.41) is 0. The molecule has 0 atom stereocenters. The smallest absolute Gasteiger partial charge is 0.0443 e. The molecule has 0 aliphatic heterocycles. The summed E-state index contributed by atoms with van der Waals surface area (Å²) in [6.45, 7) is 14.3. The van der Waals surface area contributed by atoms with Crippen LogP contribution < -0.4 is 0 Å². The molecule has 0 heteroatoms. The van der Waals surface area contributed by atoms with E-state index in [2.05, 4.69) is 33.2 Å². The van der Waals surface area contributed by atoms with Crippen molar-refractivity contribution in [1.29, 1.82) is 0 Å². The Labute approximate surface area is 52.9 Å². The van der Waals surface area contributed by atoms with Gasteiger partial charge in [0.05, 0.1) is 0 Å². The number of rotatable bonds is 0. The molecule has 0 bridgehead atoms. The Morgan fingerprint density at radius 1 is 1.00 bits per heavy atom. The lowest BCUT2D eigenvalue weighted by Crippen LogP contribution is -1.42. The predicted molar refractivity (Wildman–Crippen MR) is 40.9 cm³/mol. The molecule has 1 fully saturated rings. The molecule has 1 aliphatic rings. The molecule has 0 saturated heterocycles. The molecule has 1 aliphatic carbocycles. The van der Waals surface area contributed by atoms with E-state index in [1.54, 1.807) is 0 Å². The lowest BCUT2D eigenvalue weighted by Gasteiger charge is -1.53. The third-order valence-electron chi connectivity index (χ3n) is 0.866. The van der Waals surface area contributed by atoms with Crippen molar-refractivity contribution in [3.05, 3.63) is 26.3 Å². The Hall–Kier alpha value is -0.520. The van der Waals surface area contributed by atoms with E-state index < -0.39 is 0 Å². The van der Waals surface area contributed by atoms with Gasteiger partial charge in [-0.25, -0.2) is 0 Å². The summed E-state index contributed by atoms with van der Waals surface area (Å²) in [5.74, 6) is 1.08. The SMILES string of the molecule is C=C.C=C.CC1CC1. The van der Waals surface area contributed by atoms with Crippen LogP contribution in [0, 0.1) is 5.92 Å². The first kappa shape index (κ1) is 10.5. The maximum absolute atomic E-state index is 3.00. The van der Waals surface area contributed by atoms with Gasteiger partial charge in [0.25, 0.3) is 0 Å². The minimum Gasteiger partial charge on any atom is -0.106 e. The van der Waals surface area contributed by atoms with Gasteiger partial charge in [0.15, 0.2) is 0 Å². The summed E-state index contributed by atoms with van der Waals surface area (Å²) in [4.78, 5) is 0. The van der Waals surface area contributed by atoms with Gasteiger partial charge in [-0.05, 0) is 5.92 Å². The monoisotopic (exact) mass is 112 g/mol. The number of hydrogen-bond acceptors (Lipinski definition) is 0. The Balaban J connectivity index is 0. The highest BCUT2D eigenvalue weighted by molar-refractivity contribution is 4.65. The molecule has 0 aromatic carbocycles. The first-order valence-electron chi connectivity index (χ1n) is 2.89. The molecular weight excluding hydrogens is 96.1 g/mol. The first-order chi connectivity index (χ1) is 3.89. The van der Waals surface area contributed by atoms with Crippen LogP contribution in [0.2, 0.25) is 0 Å². The van der Waals surface area contributed by atoms with Crippen LogP contribution in [0.1, 0.15) is 19.8 Å². The Morgan fingerprint density at radius 3 is 1.12 bits per heavy atom. The molecular formula is C8H16. The van der Waals surface area contributed by atoms with Gasteiger partial charge in [0.2, 0.25) is 0 Å². The maximum atomic E-state index is 3.00. The molecule has 0 unspecified atom stereocenters. The van der Waals surface area contributed by atoms with Gasteiger partial charge in [-0.3, -0.25) is 0 Å². The molecule has 8 heavy (non-hydrogen) atoms. The van der Waals surface area contributed by atoms with Crippen molar-refractivity contribution in [3.8, 4) is 0 Å². The van der Waals surface area contributed by atoms with E-state index in [9.17, 15) is 0 Å². The highest BCUT2D eigenvalue weighted by Gasteiger charge is 2.12. The van der Waals surface area contributed by atoms with E-state index in [0.717, 1.165) is 5.92 Å². The fraction of sp³-hybridized carbons (Fsp3) is 0.500. The van der Waals surface area contributed by atoms with E-state index >= 15 is 0 Å². The van der Waals surface area contributed by atoms with Gasteiger partial charge >= 0.3 is 0 Å². The fourth-order valence-electron chi connectivity index (χ4n) is 0.167. The van der Waals surface area contributed by atoms with Gasteiger partial charge in [-0.1, -0.05) is 19.8 Å². The van der Waals surface area contributed by atoms with Crippen molar-refractivity contribution in [2.45, 2.75) is 19.8 Å². The zero-order valence-electron chi connectivity index (χ0n) is 5.82. The van der Waals surface area contributed by atoms with Crippen LogP contribution >= 0.6 is 0 Å². The molecule has 1 rings (SSSR count). The van der Waals surface area contributed by atoms with Gasteiger partial charge in [0.1, 0.15) is 0 Å². The van der Waals surface area contributed by atoms with Crippen LogP contribution in [0.4, 0.5) is 0 Å². The van der Waals surface area contributed by atoms with E-state index in [1.807, 2.05) is 0 Å². The predicted octanol–water partition coefficient (Wildman–Crippen LogP) is 3.02. The van der Waals surface area contributed by atoms with Crippen LogP contribution in [0.3, 0.4) is 0 Å². The molecule has 0 aromatic heterocycles. The molecule has 0 spiro atoms. The van der Waals surface area contributed by atoms with Gasteiger partial charge in [-0.15, -0.1) is 26.3 Å². The minimum absolute atomic E-state index is 1.08. The second-order valence-corrected chi connectivity index (χ2v) is 1.68. The zero-order valence-corrected chi connectivity index (χ0v) is 5.82. The van der Waals surface area contributed by atoms with E-state index in [0.29, 0.717) is 0 Å². The minimum atomic E-state index is 1.08. The zero-order chi connectivity index (χ0) is 6.99. The van der Waals surface area contributed by atoms with Crippen LogP contribution in [-0.2, 0) is 0 Å². The summed E-state index contributed by atoms with van der Waals surface area (Å²) in [6.07, 6.45) is 2.97. The average molecular weight is 112 g/mol. The summed E-state index contributed by atoms with van der Waals surface area (Å²) >= 11 is 0. The largest absolute Gasteiger partial charge is 0.106 e. The summed E-state index contributed by atoms with van der Waals surface area (Å²) in [6, 6.07) is 0. The summed E-state index contributed by atoms with van der Waals surface area (Å²) in [5.41, 5.74) is 0. The third kappa shape index (κ3) is 17.9. The van der Waals surface area contributed by atoms with Gasteiger partial charge < -0.3 is 0 Å². The van der Waals surface area contributed by atoms with E-state index in [4.69, 9.17) is 0 Å². The lowest BCUT2D eigenvalue weighted by molar-refractivity contribution is 0.983. The summed E-state index contributed by atoms with van der Waals surface area (Å²) < 4.78 is 0. The molecule has 0 amide bonds. The highest BCUT2D eigenvalue weighted by atomic mass is 14.2. The van der Waals surface area contributed by atoms with Gasteiger partial charge in [-0.2, -0.15) is 0 Å². The van der Waals surface area contributed by atoms with Crippen LogP contribution in [0.5, 0.6) is 0 Å². The molecule has 0 radical (unpaired) electrons.